The lowest BCUT2D eigenvalue weighted by atomic mass is 10.1. The number of hydrogen-bond donors (Lipinski definition) is 1. The van der Waals surface area contributed by atoms with Gasteiger partial charge in [-0.1, -0.05) is 6.07 Å². The van der Waals surface area contributed by atoms with Crippen LogP contribution in [0, 0.1) is 11.6 Å². The van der Waals surface area contributed by atoms with Gasteiger partial charge in [-0.05, 0) is 24.3 Å². The van der Waals surface area contributed by atoms with E-state index in [9.17, 15) is 13.6 Å². The van der Waals surface area contributed by atoms with Gasteiger partial charge in [0.15, 0.2) is 11.6 Å². The number of H-pyrrole nitrogens is 1. The van der Waals surface area contributed by atoms with Crippen molar-refractivity contribution in [1.29, 1.82) is 0 Å². The van der Waals surface area contributed by atoms with Crippen molar-refractivity contribution >= 4 is 0 Å². The number of pyridine rings is 1. The van der Waals surface area contributed by atoms with E-state index in [4.69, 9.17) is 0 Å². The third-order valence-corrected chi connectivity index (χ3v) is 2.00. The molecule has 0 atom stereocenters. The maximum Gasteiger partial charge on any atom is 0.248 e. The van der Waals surface area contributed by atoms with Gasteiger partial charge < -0.3 is 4.98 Å². The van der Waals surface area contributed by atoms with Crippen LogP contribution in [0.5, 0.6) is 0 Å². The van der Waals surface area contributed by atoms with Gasteiger partial charge in [-0.25, -0.2) is 8.78 Å². The van der Waals surface area contributed by atoms with E-state index in [1.54, 1.807) is 12.1 Å². The van der Waals surface area contributed by atoms with Crippen molar-refractivity contribution in [1.82, 2.24) is 4.98 Å². The molecule has 76 valence electrons. The topological polar surface area (TPSA) is 32.9 Å². The predicted octanol–water partition coefficient (Wildman–Crippen LogP) is 2.32. The number of hydrogen-bond acceptors (Lipinski definition) is 1. The Labute approximate surface area is 84.2 Å². The van der Waals surface area contributed by atoms with Gasteiger partial charge >= 0.3 is 0 Å². The summed E-state index contributed by atoms with van der Waals surface area (Å²) in [4.78, 5) is 13.5. The second kappa shape index (κ2) is 3.65. The highest BCUT2D eigenvalue weighted by molar-refractivity contribution is 5.58. The Kier molecular flexibility index (Phi) is 2.33. The van der Waals surface area contributed by atoms with E-state index >= 15 is 0 Å². The second-order valence-corrected chi connectivity index (χ2v) is 3.06. The second-order valence-electron chi connectivity index (χ2n) is 3.06. The number of aromatic nitrogens is 1. The van der Waals surface area contributed by atoms with Crippen molar-refractivity contribution in [3.05, 3.63) is 58.4 Å². The molecule has 15 heavy (non-hydrogen) atoms. The molecule has 0 bridgehead atoms. The Morgan fingerprint density at radius 3 is 2.47 bits per heavy atom. The molecule has 0 spiro atoms. The number of benzene rings is 1. The summed E-state index contributed by atoms with van der Waals surface area (Å²) in [6.07, 6.45) is 0. The van der Waals surface area contributed by atoms with Crippen LogP contribution >= 0.6 is 0 Å². The summed E-state index contributed by atoms with van der Waals surface area (Å²) in [5.74, 6) is -1.84. The molecular formula is C11H7F2NO. The first-order valence-corrected chi connectivity index (χ1v) is 4.31. The molecule has 0 aliphatic heterocycles. The molecule has 2 nitrogen and oxygen atoms in total. The predicted molar refractivity (Wildman–Crippen MR) is 52.4 cm³/mol. The zero-order valence-corrected chi connectivity index (χ0v) is 7.63. The lowest BCUT2D eigenvalue weighted by Gasteiger charge is -2.01. The molecule has 0 fully saturated rings. The Morgan fingerprint density at radius 1 is 1.00 bits per heavy atom. The SMILES string of the molecule is O=c1cccc(-c2ccc(F)c(F)c2)[nH]1. The van der Waals surface area contributed by atoms with Crippen LogP contribution in [0.25, 0.3) is 11.3 Å². The highest BCUT2D eigenvalue weighted by Gasteiger charge is 2.04. The van der Waals surface area contributed by atoms with Gasteiger partial charge in [0.2, 0.25) is 5.56 Å². The normalized spacial score (nSPS) is 10.3. The molecule has 0 saturated carbocycles. The molecule has 0 amide bonds. The summed E-state index contributed by atoms with van der Waals surface area (Å²) < 4.78 is 25.5. The number of rotatable bonds is 1. The van der Waals surface area contributed by atoms with Gasteiger partial charge in [0, 0.05) is 17.3 Å². The van der Waals surface area contributed by atoms with Gasteiger partial charge in [-0.15, -0.1) is 0 Å². The smallest absolute Gasteiger partial charge is 0.248 e. The summed E-state index contributed by atoms with van der Waals surface area (Å²) in [6, 6.07) is 7.99. The minimum atomic E-state index is -0.933. The average Bonchev–Trinajstić information content (AvgIpc) is 2.22. The lowest BCUT2D eigenvalue weighted by molar-refractivity contribution is 0.509. The van der Waals surface area contributed by atoms with Crippen LogP contribution in [0.4, 0.5) is 8.78 Å². The Hall–Kier alpha value is -1.97. The van der Waals surface area contributed by atoms with Crippen molar-refractivity contribution in [2.45, 2.75) is 0 Å². The largest absolute Gasteiger partial charge is 0.322 e. The van der Waals surface area contributed by atoms with Crippen LogP contribution in [0.15, 0.2) is 41.2 Å². The molecule has 2 rings (SSSR count). The molecule has 0 radical (unpaired) electrons. The molecule has 0 unspecified atom stereocenters. The van der Waals surface area contributed by atoms with Gasteiger partial charge in [0.1, 0.15) is 0 Å². The summed E-state index contributed by atoms with van der Waals surface area (Å²) in [7, 11) is 0. The van der Waals surface area contributed by atoms with Gasteiger partial charge in [0.05, 0.1) is 0 Å². The molecule has 0 aliphatic carbocycles. The zero-order valence-electron chi connectivity index (χ0n) is 7.63. The van der Waals surface area contributed by atoms with Gasteiger partial charge in [0.25, 0.3) is 0 Å². The third kappa shape index (κ3) is 1.93. The fraction of sp³-hybridized carbons (Fsp3) is 0. The number of aromatic amines is 1. The van der Waals surface area contributed by atoms with Crippen LogP contribution in [0.2, 0.25) is 0 Å². The minimum absolute atomic E-state index is 0.280. The maximum absolute atomic E-state index is 12.9. The van der Waals surface area contributed by atoms with E-state index in [2.05, 4.69) is 4.98 Å². The molecule has 2 aromatic rings. The lowest BCUT2D eigenvalue weighted by Crippen LogP contribution is -2.03. The standard InChI is InChI=1S/C11H7F2NO/c12-8-5-4-7(6-9(8)13)10-2-1-3-11(15)14-10/h1-6H,(H,14,15). The van der Waals surface area contributed by atoms with E-state index in [1.807, 2.05) is 0 Å². The quantitative estimate of drug-likeness (QED) is 0.764. The van der Waals surface area contributed by atoms with E-state index < -0.39 is 11.6 Å². The molecule has 1 N–H and O–H groups in total. The number of nitrogens with one attached hydrogen (secondary N) is 1. The molecular weight excluding hydrogens is 200 g/mol. The summed E-state index contributed by atoms with van der Waals surface area (Å²) in [6.45, 7) is 0. The van der Waals surface area contributed by atoms with E-state index in [1.165, 1.54) is 12.1 Å². The van der Waals surface area contributed by atoms with Crippen LogP contribution in [0.3, 0.4) is 0 Å². The average molecular weight is 207 g/mol. The molecule has 0 saturated heterocycles. The maximum atomic E-state index is 12.9. The fourth-order valence-electron chi connectivity index (χ4n) is 1.28. The number of halogens is 2. The van der Waals surface area contributed by atoms with Gasteiger partial charge in [-0.2, -0.15) is 0 Å². The third-order valence-electron chi connectivity index (χ3n) is 2.00. The molecule has 1 aromatic heterocycles. The minimum Gasteiger partial charge on any atom is -0.322 e. The van der Waals surface area contributed by atoms with Crippen LogP contribution < -0.4 is 5.56 Å². The highest BCUT2D eigenvalue weighted by Crippen LogP contribution is 2.17. The summed E-state index contributed by atoms with van der Waals surface area (Å²) in [5.41, 5.74) is 0.616. The zero-order chi connectivity index (χ0) is 10.8. The van der Waals surface area contributed by atoms with Gasteiger partial charge in [-0.3, -0.25) is 4.79 Å². The van der Waals surface area contributed by atoms with Crippen molar-refractivity contribution < 1.29 is 8.78 Å². The summed E-state index contributed by atoms with van der Waals surface area (Å²) >= 11 is 0. The molecule has 0 aliphatic rings. The first-order chi connectivity index (χ1) is 7.16. The van der Waals surface area contributed by atoms with Crippen molar-refractivity contribution in [2.75, 3.05) is 0 Å². The Bertz CT molecular complexity index is 548. The van der Waals surface area contributed by atoms with E-state index in [0.717, 1.165) is 12.1 Å². The molecule has 1 aromatic carbocycles. The van der Waals surface area contributed by atoms with Crippen LogP contribution in [-0.2, 0) is 0 Å². The van der Waals surface area contributed by atoms with Crippen LogP contribution in [0.1, 0.15) is 0 Å². The highest BCUT2D eigenvalue weighted by atomic mass is 19.2. The van der Waals surface area contributed by atoms with Crippen LogP contribution in [-0.4, -0.2) is 4.98 Å². The fourth-order valence-corrected chi connectivity index (χ4v) is 1.28. The first-order valence-electron chi connectivity index (χ1n) is 4.31. The van der Waals surface area contributed by atoms with E-state index in [-0.39, 0.29) is 5.56 Å². The monoisotopic (exact) mass is 207 g/mol. The first kappa shape index (κ1) is 9.58. The van der Waals surface area contributed by atoms with E-state index in [0.29, 0.717) is 11.3 Å². The van der Waals surface area contributed by atoms with Crippen molar-refractivity contribution in [2.24, 2.45) is 0 Å². The van der Waals surface area contributed by atoms with Crippen molar-refractivity contribution in [3.8, 4) is 11.3 Å². The molecule has 1 heterocycles. The molecule has 4 heteroatoms. The summed E-state index contributed by atoms with van der Waals surface area (Å²) in [5, 5.41) is 0. The Balaban J connectivity index is 2.55. The Morgan fingerprint density at radius 2 is 1.80 bits per heavy atom. The van der Waals surface area contributed by atoms with Crippen molar-refractivity contribution in [3.63, 3.8) is 0 Å².